The zero-order chi connectivity index (χ0) is 14.7. The molecule has 112 valence electrons. The molecular formula is C17H23N3O. The van der Waals surface area contributed by atoms with Crippen LogP contribution in [0.2, 0.25) is 0 Å². The fourth-order valence-electron chi connectivity index (χ4n) is 2.90. The normalized spacial score (nSPS) is 23.3. The zero-order valence-electron chi connectivity index (χ0n) is 12.7. The highest BCUT2D eigenvalue weighted by molar-refractivity contribution is 5.16. The number of piperazine rings is 1. The van der Waals surface area contributed by atoms with Crippen molar-refractivity contribution in [1.82, 2.24) is 15.2 Å². The first-order chi connectivity index (χ1) is 10.2. The van der Waals surface area contributed by atoms with Gasteiger partial charge in [-0.05, 0) is 25.8 Å². The highest BCUT2D eigenvalue weighted by Crippen LogP contribution is 2.15. The maximum absolute atomic E-state index is 5.61. The summed E-state index contributed by atoms with van der Waals surface area (Å²) in [5, 5.41) is 3.65. The Labute approximate surface area is 126 Å². The molecule has 1 saturated heterocycles. The molecule has 1 aromatic heterocycles. The van der Waals surface area contributed by atoms with E-state index in [1.54, 1.807) is 6.20 Å². The number of hydrogen-bond acceptors (Lipinski definition) is 4. The van der Waals surface area contributed by atoms with Crippen molar-refractivity contribution in [3.8, 4) is 0 Å². The van der Waals surface area contributed by atoms with Crippen LogP contribution >= 0.6 is 0 Å². The van der Waals surface area contributed by atoms with E-state index >= 15 is 0 Å². The van der Waals surface area contributed by atoms with E-state index in [1.807, 2.05) is 6.92 Å². The average Bonchev–Trinajstić information content (AvgIpc) is 2.89. The molecule has 21 heavy (non-hydrogen) atoms. The highest BCUT2D eigenvalue weighted by atomic mass is 16.4. The van der Waals surface area contributed by atoms with Crippen LogP contribution in [-0.2, 0) is 13.0 Å². The van der Waals surface area contributed by atoms with E-state index in [2.05, 4.69) is 52.5 Å². The van der Waals surface area contributed by atoms with E-state index < -0.39 is 0 Å². The van der Waals surface area contributed by atoms with Crippen LogP contribution in [0.4, 0.5) is 0 Å². The maximum Gasteiger partial charge on any atom is 0.208 e. The van der Waals surface area contributed by atoms with Gasteiger partial charge in [-0.3, -0.25) is 4.90 Å². The summed E-state index contributed by atoms with van der Waals surface area (Å²) in [6, 6.07) is 11.7. The Morgan fingerprint density at radius 2 is 2.14 bits per heavy atom. The van der Waals surface area contributed by atoms with Gasteiger partial charge in [-0.1, -0.05) is 30.3 Å². The lowest BCUT2D eigenvalue weighted by Gasteiger charge is -2.38. The molecule has 2 atom stereocenters. The maximum atomic E-state index is 5.61. The molecule has 1 aliphatic heterocycles. The van der Waals surface area contributed by atoms with Gasteiger partial charge in [0.05, 0.1) is 12.7 Å². The van der Waals surface area contributed by atoms with E-state index in [9.17, 15) is 0 Å². The van der Waals surface area contributed by atoms with Gasteiger partial charge in [-0.15, -0.1) is 0 Å². The fourth-order valence-corrected chi connectivity index (χ4v) is 2.90. The topological polar surface area (TPSA) is 41.3 Å². The van der Waals surface area contributed by atoms with Gasteiger partial charge in [0.2, 0.25) is 5.89 Å². The number of aryl methyl sites for hydroxylation is 1. The Bertz CT molecular complexity index is 566. The molecule has 1 aromatic carbocycles. The summed E-state index contributed by atoms with van der Waals surface area (Å²) < 4.78 is 5.61. The molecule has 4 heteroatoms. The van der Waals surface area contributed by atoms with Crippen LogP contribution < -0.4 is 5.32 Å². The SMILES string of the molecule is Cc1cnc(CN2CC(Cc3ccccc3)NCC2C)o1. The summed E-state index contributed by atoms with van der Waals surface area (Å²) in [6.07, 6.45) is 2.86. The van der Waals surface area contributed by atoms with Crippen molar-refractivity contribution in [3.05, 3.63) is 53.7 Å². The van der Waals surface area contributed by atoms with Gasteiger partial charge in [-0.25, -0.2) is 4.98 Å². The van der Waals surface area contributed by atoms with E-state index in [-0.39, 0.29) is 0 Å². The standard InChI is InChI=1S/C17H23N3O/c1-13-9-18-16(8-15-6-4-3-5-7-15)11-20(13)12-17-19-10-14(2)21-17/h3-7,10,13,16,18H,8-9,11-12H2,1-2H3. The number of nitrogens with zero attached hydrogens (tertiary/aromatic N) is 2. The predicted molar refractivity (Wildman–Crippen MR) is 83.0 cm³/mol. The van der Waals surface area contributed by atoms with Gasteiger partial charge in [0.1, 0.15) is 5.76 Å². The molecule has 0 aliphatic carbocycles. The highest BCUT2D eigenvalue weighted by Gasteiger charge is 2.26. The summed E-state index contributed by atoms with van der Waals surface area (Å²) in [5.74, 6) is 1.70. The molecular weight excluding hydrogens is 262 g/mol. The first-order valence-electron chi connectivity index (χ1n) is 7.63. The Hall–Kier alpha value is -1.65. The smallest absolute Gasteiger partial charge is 0.208 e. The lowest BCUT2D eigenvalue weighted by Crippen LogP contribution is -2.55. The van der Waals surface area contributed by atoms with Gasteiger partial charge in [0.15, 0.2) is 0 Å². The first-order valence-corrected chi connectivity index (χ1v) is 7.63. The summed E-state index contributed by atoms with van der Waals surface area (Å²) in [5.41, 5.74) is 1.39. The summed E-state index contributed by atoms with van der Waals surface area (Å²) in [4.78, 5) is 6.78. The molecule has 1 N–H and O–H groups in total. The van der Waals surface area contributed by atoms with Crippen molar-refractivity contribution in [1.29, 1.82) is 0 Å². The van der Waals surface area contributed by atoms with Crippen molar-refractivity contribution in [2.75, 3.05) is 13.1 Å². The van der Waals surface area contributed by atoms with Crippen molar-refractivity contribution in [2.24, 2.45) is 0 Å². The van der Waals surface area contributed by atoms with Crippen LogP contribution in [0.1, 0.15) is 24.1 Å². The van der Waals surface area contributed by atoms with Gasteiger partial charge in [0.25, 0.3) is 0 Å². The second-order valence-electron chi connectivity index (χ2n) is 5.94. The average molecular weight is 285 g/mol. The number of benzene rings is 1. The van der Waals surface area contributed by atoms with E-state index in [0.717, 1.165) is 37.7 Å². The summed E-state index contributed by atoms with van der Waals surface area (Å²) >= 11 is 0. The minimum Gasteiger partial charge on any atom is -0.445 e. The molecule has 2 unspecified atom stereocenters. The lowest BCUT2D eigenvalue weighted by molar-refractivity contribution is 0.121. The van der Waals surface area contributed by atoms with Crippen LogP contribution in [0.3, 0.4) is 0 Å². The second kappa shape index (κ2) is 6.41. The van der Waals surface area contributed by atoms with Crippen molar-refractivity contribution in [3.63, 3.8) is 0 Å². The second-order valence-corrected chi connectivity index (χ2v) is 5.94. The molecule has 1 aliphatic rings. The molecule has 1 fully saturated rings. The molecule has 0 spiro atoms. The van der Waals surface area contributed by atoms with Gasteiger partial charge < -0.3 is 9.73 Å². The number of nitrogens with one attached hydrogen (secondary N) is 1. The van der Waals surface area contributed by atoms with Crippen molar-refractivity contribution >= 4 is 0 Å². The quantitative estimate of drug-likeness (QED) is 0.936. The number of hydrogen-bond donors (Lipinski definition) is 1. The Morgan fingerprint density at radius 1 is 1.33 bits per heavy atom. The Balaban J connectivity index is 1.61. The fraction of sp³-hybridized carbons (Fsp3) is 0.471. The molecule has 0 saturated carbocycles. The summed E-state index contributed by atoms with van der Waals surface area (Å²) in [7, 11) is 0. The van der Waals surface area contributed by atoms with Gasteiger partial charge in [0, 0.05) is 25.2 Å². The minimum absolute atomic E-state index is 0.486. The third-order valence-corrected chi connectivity index (χ3v) is 4.11. The van der Waals surface area contributed by atoms with Crippen molar-refractivity contribution in [2.45, 2.75) is 38.9 Å². The molecule has 0 amide bonds. The monoisotopic (exact) mass is 285 g/mol. The number of oxazole rings is 1. The Kier molecular flexibility index (Phi) is 4.36. The first kappa shape index (κ1) is 14.3. The van der Waals surface area contributed by atoms with Crippen LogP contribution in [0.25, 0.3) is 0 Å². The molecule has 0 radical (unpaired) electrons. The number of aromatic nitrogens is 1. The lowest BCUT2D eigenvalue weighted by atomic mass is 10.0. The minimum atomic E-state index is 0.486. The largest absolute Gasteiger partial charge is 0.445 e. The van der Waals surface area contributed by atoms with Crippen molar-refractivity contribution < 1.29 is 4.42 Å². The molecule has 0 bridgehead atoms. The molecule has 4 nitrogen and oxygen atoms in total. The summed E-state index contributed by atoms with van der Waals surface area (Å²) in [6.45, 7) is 7.02. The third kappa shape index (κ3) is 3.71. The molecule has 2 aromatic rings. The predicted octanol–water partition coefficient (Wildman–Crippen LogP) is 2.39. The van der Waals surface area contributed by atoms with E-state index in [0.29, 0.717) is 12.1 Å². The number of rotatable bonds is 4. The van der Waals surface area contributed by atoms with Crippen LogP contribution in [0.15, 0.2) is 40.9 Å². The van der Waals surface area contributed by atoms with Crippen LogP contribution in [0.5, 0.6) is 0 Å². The van der Waals surface area contributed by atoms with Gasteiger partial charge >= 0.3 is 0 Å². The van der Waals surface area contributed by atoms with Crippen LogP contribution in [0, 0.1) is 6.92 Å². The molecule has 2 heterocycles. The van der Waals surface area contributed by atoms with Crippen LogP contribution in [-0.4, -0.2) is 35.1 Å². The van der Waals surface area contributed by atoms with E-state index in [1.165, 1.54) is 5.56 Å². The zero-order valence-corrected chi connectivity index (χ0v) is 12.7. The Morgan fingerprint density at radius 3 is 2.86 bits per heavy atom. The molecule has 3 rings (SSSR count). The van der Waals surface area contributed by atoms with E-state index in [4.69, 9.17) is 4.42 Å². The third-order valence-electron chi connectivity index (χ3n) is 4.11. The van der Waals surface area contributed by atoms with Gasteiger partial charge in [-0.2, -0.15) is 0 Å².